The Bertz CT molecular complexity index is 781. The number of hydrogen-bond donors (Lipinski definition) is 1. The molecule has 4 rings (SSSR count). The van der Waals surface area contributed by atoms with Crippen molar-refractivity contribution in [3.05, 3.63) is 29.2 Å². The van der Waals surface area contributed by atoms with Crippen LogP contribution in [0.15, 0.2) is 12.3 Å². The second-order valence-electron chi connectivity index (χ2n) is 6.97. The molecule has 6 heteroatoms. The second-order valence-corrected chi connectivity index (χ2v) is 6.97. The molecule has 0 atom stereocenters. The number of hydrogen-bond acceptors (Lipinski definition) is 4. The summed E-state index contributed by atoms with van der Waals surface area (Å²) >= 11 is 0. The summed E-state index contributed by atoms with van der Waals surface area (Å²) < 4.78 is 2.40. The van der Waals surface area contributed by atoms with E-state index in [2.05, 4.69) is 39.8 Å². The van der Waals surface area contributed by atoms with E-state index < -0.39 is 0 Å². The quantitative estimate of drug-likeness (QED) is 0.904. The Morgan fingerprint density at radius 1 is 1.29 bits per heavy atom. The molecule has 1 N–H and O–H groups in total. The van der Waals surface area contributed by atoms with Crippen molar-refractivity contribution in [3.63, 3.8) is 0 Å². The molecular weight excluding hydrogens is 302 g/mol. The van der Waals surface area contributed by atoms with Gasteiger partial charge in [-0.2, -0.15) is 0 Å². The van der Waals surface area contributed by atoms with Gasteiger partial charge in [0.2, 0.25) is 5.91 Å². The van der Waals surface area contributed by atoms with Crippen molar-refractivity contribution in [1.82, 2.24) is 24.7 Å². The number of aromatic nitrogens is 2. The third-order valence-corrected chi connectivity index (χ3v) is 5.25. The molecule has 0 aliphatic carbocycles. The Labute approximate surface area is 142 Å². The van der Waals surface area contributed by atoms with E-state index in [9.17, 15) is 4.79 Å². The van der Waals surface area contributed by atoms with Gasteiger partial charge in [-0.15, -0.1) is 0 Å². The summed E-state index contributed by atoms with van der Waals surface area (Å²) in [5, 5.41) is 4.46. The van der Waals surface area contributed by atoms with Crippen molar-refractivity contribution in [3.8, 4) is 0 Å². The Hall–Kier alpha value is -1.92. The molecule has 6 nitrogen and oxygen atoms in total. The van der Waals surface area contributed by atoms with Crippen molar-refractivity contribution in [2.45, 2.75) is 26.4 Å². The van der Waals surface area contributed by atoms with Gasteiger partial charge in [0, 0.05) is 62.5 Å². The lowest BCUT2D eigenvalue weighted by molar-refractivity contribution is -0.132. The number of nitrogens with one attached hydrogen (secondary N) is 1. The predicted molar refractivity (Wildman–Crippen MR) is 94.0 cm³/mol. The number of carbonyl (C=O) groups is 1. The molecular formula is C18H25N5O. The molecule has 2 aliphatic heterocycles. The van der Waals surface area contributed by atoms with Gasteiger partial charge in [-0.25, -0.2) is 0 Å². The molecule has 0 spiro atoms. The van der Waals surface area contributed by atoms with E-state index in [0.29, 0.717) is 6.54 Å². The van der Waals surface area contributed by atoms with E-state index in [-0.39, 0.29) is 5.91 Å². The largest absolute Gasteiger partial charge is 0.341 e. The van der Waals surface area contributed by atoms with Gasteiger partial charge < -0.3 is 19.7 Å². The van der Waals surface area contributed by atoms with E-state index in [1.54, 1.807) is 0 Å². The minimum atomic E-state index is 0.209. The minimum Gasteiger partial charge on any atom is -0.341 e. The predicted octanol–water partition coefficient (Wildman–Crippen LogP) is 0.764. The fourth-order valence-corrected chi connectivity index (χ4v) is 3.94. The van der Waals surface area contributed by atoms with Crippen LogP contribution in [0, 0.1) is 6.92 Å². The van der Waals surface area contributed by atoms with Crippen LogP contribution in [0.4, 0.5) is 0 Å². The summed E-state index contributed by atoms with van der Waals surface area (Å²) in [5.41, 5.74) is 5.14. The summed E-state index contributed by atoms with van der Waals surface area (Å²) in [5.74, 6) is 0.209. The lowest BCUT2D eigenvalue weighted by Crippen LogP contribution is -2.49. The molecule has 0 radical (unpaired) electrons. The van der Waals surface area contributed by atoms with Crippen molar-refractivity contribution in [2.75, 3.05) is 39.8 Å². The Morgan fingerprint density at radius 3 is 3.00 bits per heavy atom. The normalized spacial score (nSPS) is 19.1. The Kier molecular flexibility index (Phi) is 4.02. The highest BCUT2D eigenvalue weighted by Crippen LogP contribution is 2.30. The van der Waals surface area contributed by atoms with Crippen LogP contribution in [0.25, 0.3) is 10.9 Å². The fraction of sp³-hybridized carbons (Fsp3) is 0.556. The van der Waals surface area contributed by atoms with Crippen molar-refractivity contribution < 1.29 is 4.79 Å². The topological polar surface area (TPSA) is 53.4 Å². The number of fused-ring (bicyclic) bond motifs is 3. The first kappa shape index (κ1) is 15.6. The maximum Gasteiger partial charge on any atom is 0.236 e. The molecule has 24 heavy (non-hydrogen) atoms. The van der Waals surface area contributed by atoms with Gasteiger partial charge in [0.15, 0.2) is 0 Å². The zero-order valence-corrected chi connectivity index (χ0v) is 14.5. The molecule has 0 aromatic carbocycles. The van der Waals surface area contributed by atoms with Crippen LogP contribution in [0.2, 0.25) is 0 Å². The number of likely N-dealkylation sites (N-methyl/N-ethyl adjacent to an activating group) is 1. The number of aryl methyl sites for hydroxylation is 1. The first-order chi connectivity index (χ1) is 11.6. The number of carbonyl (C=O) groups excluding carboxylic acids is 1. The van der Waals surface area contributed by atoms with Crippen molar-refractivity contribution in [1.29, 1.82) is 0 Å². The first-order valence-electron chi connectivity index (χ1n) is 8.77. The van der Waals surface area contributed by atoms with Crippen LogP contribution in [0.5, 0.6) is 0 Å². The third kappa shape index (κ3) is 2.70. The highest BCUT2D eigenvalue weighted by molar-refractivity contribution is 5.85. The molecule has 1 fully saturated rings. The van der Waals surface area contributed by atoms with Crippen LogP contribution < -0.4 is 5.32 Å². The molecule has 4 heterocycles. The number of amides is 1. The van der Waals surface area contributed by atoms with Crippen LogP contribution in [-0.2, 0) is 24.3 Å². The molecule has 0 unspecified atom stereocenters. The summed E-state index contributed by atoms with van der Waals surface area (Å²) in [7, 11) is 2.18. The average Bonchev–Trinajstić information content (AvgIpc) is 2.87. The van der Waals surface area contributed by atoms with E-state index in [0.717, 1.165) is 51.4 Å². The number of piperazine rings is 1. The van der Waals surface area contributed by atoms with Crippen molar-refractivity contribution >= 4 is 16.8 Å². The summed E-state index contributed by atoms with van der Waals surface area (Å²) in [6, 6.07) is 2.21. The van der Waals surface area contributed by atoms with Crippen LogP contribution in [-0.4, -0.2) is 65.0 Å². The van der Waals surface area contributed by atoms with Crippen LogP contribution in [0.3, 0.4) is 0 Å². The maximum absolute atomic E-state index is 12.0. The Morgan fingerprint density at radius 2 is 2.17 bits per heavy atom. The minimum absolute atomic E-state index is 0.209. The zero-order valence-electron chi connectivity index (χ0n) is 14.5. The van der Waals surface area contributed by atoms with Crippen molar-refractivity contribution in [2.24, 2.45) is 0 Å². The first-order valence-corrected chi connectivity index (χ1v) is 8.77. The molecule has 0 bridgehead atoms. The summed E-state index contributed by atoms with van der Waals surface area (Å²) in [6.07, 6.45) is 3.07. The van der Waals surface area contributed by atoms with Gasteiger partial charge in [0.05, 0.1) is 18.3 Å². The van der Waals surface area contributed by atoms with Gasteiger partial charge in [0.1, 0.15) is 0 Å². The molecule has 2 aromatic rings. The Balaban J connectivity index is 1.68. The standard InChI is InChI=1S/C18H25N5O/c1-13-9-14-15-12-21(2)5-3-16(15)23(17(14)10-20-13)8-7-22-6-4-19-11-18(22)24/h9-10,19H,3-8,11-12H2,1-2H3. The van der Waals surface area contributed by atoms with E-state index in [1.165, 1.54) is 22.2 Å². The molecule has 2 aliphatic rings. The number of nitrogens with zero attached hydrogens (tertiary/aromatic N) is 4. The SMILES string of the molecule is Cc1cc2c3c(n(CCN4CCNCC4=O)c2cn1)CCN(C)C3. The van der Waals surface area contributed by atoms with Crippen LogP contribution in [0.1, 0.15) is 17.0 Å². The number of pyridine rings is 1. The second kappa shape index (κ2) is 6.18. The van der Waals surface area contributed by atoms with E-state index in [4.69, 9.17) is 0 Å². The van der Waals surface area contributed by atoms with Crippen LogP contribution >= 0.6 is 0 Å². The summed E-state index contributed by atoms with van der Waals surface area (Å²) in [4.78, 5) is 20.9. The molecule has 1 saturated heterocycles. The number of rotatable bonds is 3. The molecule has 128 valence electrons. The zero-order chi connectivity index (χ0) is 16.7. The molecule has 2 aromatic heterocycles. The third-order valence-electron chi connectivity index (χ3n) is 5.25. The summed E-state index contributed by atoms with van der Waals surface area (Å²) in [6.45, 7) is 7.93. The molecule has 0 saturated carbocycles. The van der Waals surface area contributed by atoms with E-state index >= 15 is 0 Å². The highest BCUT2D eigenvalue weighted by Gasteiger charge is 2.24. The van der Waals surface area contributed by atoms with Gasteiger partial charge in [-0.05, 0) is 25.6 Å². The highest BCUT2D eigenvalue weighted by atomic mass is 16.2. The van der Waals surface area contributed by atoms with Gasteiger partial charge >= 0.3 is 0 Å². The lowest BCUT2D eigenvalue weighted by Gasteiger charge is -2.29. The van der Waals surface area contributed by atoms with E-state index in [1.807, 2.05) is 11.1 Å². The smallest absolute Gasteiger partial charge is 0.236 e. The monoisotopic (exact) mass is 327 g/mol. The van der Waals surface area contributed by atoms with Gasteiger partial charge in [-0.3, -0.25) is 9.78 Å². The molecule has 1 amide bonds. The van der Waals surface area contributed by atoms with Gasteiger partial charge in [0.25, 0.3) is 0 Å². The average molecular weight is 327 g/mol. The van der Waals surface area contributed by atoms with Gasteiger partial charge in [-0.1, -0.05) is 0 Å². The fourth-order valence-electron chi connectivity index (χ4n) is 3.94. The maximum atomic E-state index is 12.0. The lowest BCUT2D eigenvalue weighted by atomic mass is 10.1.